The number of nitrogens with two attached hydrogens (primary N) is 1. The summed E-state index contributed by atoms with van der Waals surface area (Å²) in [6.45, 7) is 2.08. The summed E-state index contributed by atoms with van der Waals surface area (Å²) in [7, 11) is 0. The van der Waals surface area contributed by atoms with Gasteiger partial charge in [0.05, 0.1) is 6.04 Å². The van der Waals surface area contributed by atoms with E-state index in [1.54, 1.807) is 6.20 Å². The Morgan fingerprint density at radius 2 is 2.12 bits per heavy atom. The highest BCUT2D eigenvalue weighted by atomic mass is 15.2. The van der Waals surface area contributed by atoms with Crippen molar-refractivity contribution in [1.82, 2.24) is 10.4 Å². The molecule has 0 aliphatic rings. The maximum atomic E-state index is 5.62. The van der Waals surface area contributed by atoms with Gasteiger partial charge in [0.2, 0.25) is 0 Å². The zero-order valence-electron chi connectivity index (χ0n) is 9.93. The van der Waals surface area contributed by atoms with Gasteiger partial charge in [0.15, 0.2) is 0 Å². The summed E-state index contributed by atoms with van der Waals surface area (Å²) >= 11 is 0. The molecule has 0 aliphatic carbocycles. The van der Waals surface area contributed by atoms with E-state index in [2.05, 4.69) is 35.5 Å². The standard InChI is InChI=1S/C14H17N3/c1-11-5-4-6-12(9-11)14(17-15)10-13-7-2-3-8-16-13/h2-9,14,17H,10,15H2,1H3. The van der Waals surface area contributed by atoms with Crippen molar-refractivity contribution in [3.8, 4) is 0 Å². The normalized spacial score (nSPS) is 12.4. The molecule has 1 unspecified atom stereocenters. The second kappa shape index (κ2) is 5.57. The van der Waals surface area contributed by atoms with Crippen LogP contribution in [0.25, 0.3) is 0 Å². The van der Waals surface area contributed by atoms with E-state index in [0.29, 0.717) is 0 Å². The van der Waals surface area contributed by atoms with Crippen LogP contribution in [-0.2, 0) is 6.42 Å². The molecule has 0 radical (unpaired) electrons. The molecule has 0 aliphatic heterocycles. The molecule has 0 amide bonds. The van der Waals surface area contributed by atoms with E-state index >= 15 is 0 Å². The molecule has 0 spiro atoms. The van der Waals surface area contributed by atoms with Crippen molar-refractivity contribution < 1.29 is 0 Å². The fourth-order valence-electron chi connectivity index (χ4n) is 1.89. The summed E-state index contributed by atoms with van der Waals surface area (Å²) in [5.41, 5.74) is 6.33. The largest absolute Gasteiger partial charge is 0.271 e. The molecule has 1 aromatic heterocycles. The molecule has 2 rings (SSSR count). The van der Waals surface area contributed by atoms with E-state index in [9.17, 15) is 0 Å². The number of nitrogens with one attached hydrogen (secondary N) is 1. The average Bonchev–Trinajstić information content (AvgIpc) is 2.37. The Kier molecular flexibility index (Phi) is 3.85. The molecule has 3 N–H and O–H groups in total. The number of benzene rings is 1. The number of hydrogen-bond acceptors (Lipinski definition) is 3. The first-order valence-electron chi connectivity index (χ1n) is 5.72. The molecule has 2 aromatic rings. The van der Waals surface area contributed by atoms with Gasteiger partial charge in [-0.05, 0) is 24.6 Å². The summed E-state index contributed by atoms with van der Waals surface area (Å²) < 4.78 is 0. The highest BCUT2D eigenvalue weighted by Crippen LogP contribution is 2.17. The molecule has 0 fully saturated rings. The van der Waals surface area contributed by atoms with Gasteiger partial charge in [-0.15, -0.1) is 0 Å². The number of hydrazine groups is 1. The highest BCUT2D eigenvalue weighted by molar-refractivity contribution is 5.26. The van der Waals surface area contributed by atoms with Crippen LogP contribution < -0.4 is 11.3 Å². The fraction of sp³-hybridized carbons (Fsp3) is 0.214. The number of rotatable bonds is 4. The third kappa shape index (κ3) is 3.12. The van der Waals surface area contributed by atoms with Crippen molar-refractivity contribution in [3.05, 3.63) is 65.5 Å². The summed E-state index contributed by atoms with van der Waals surface area (Å²) in [5.74, 6) is 5.62. The lowest BCUT2D eigenvalue weighted by Gasteiger charge is -2.16. The lowest BCUT2D eigenvalue weighted by molar-refractivity contribution is 0.545. The Balaban J connectivity index is 2.17. The molecule has 0 bridgehead atoms. The molecule has 3 nitrogen and oxygen atoms in total. The van der Waals surface area contributed by atoms with Crippen molar-refractivity contribution >= 4 is 0 Å². The first-order chi connectivity index (χ1) is 8.29. The minimum atomic E-state index is 0.102. The summed E-state index contributed by atoms with van der Waals surface area (Å²) in [6, 6.07) is 14.4. The summed E-state index contributed by atoms with van der Waals surface area (Å²) in [4.78, 5) is 4.32. The van der Waals surface area contributed by atoms with Gasteiger partial charge in [-0.3, -0.25) is 16.3 Å². The van der Waals surface area contributed by atoms with Crippen molar-refractivity contribution in [2.24, 2.45) is 5.84 Å². The molecule has 1 aromatic carbocycles. The first kappa shape index (κ1) is 11.8. The Morgan fingerprint density at radius 3 is 2.76 bits per heavy atom. The molecule has 0 saturated carbocycles. The topological polar surface area (TPSA) is 50.9 Å². The predicted molar refractivity (Wildman–Crippen MR) is 69.2 cm³/mol. The number of pyridine rings is 1. The lowest BCUT2D eigenvalue weighted by atomic mass is 10.0. The smallest absolute Gasteiger partial charge is 0.0515 e. The van der Waals surface area contributed by atoms with Crippen molar-refractivity contribution in [2.45, 2.75) is 19.4 Å². The maximum absolute atomic E-state index is 5.62. The van der Waals surface area contributed by atoms with Crippen molar-refractivity contribution in [3.63, 3.8) is 0 Å². The summed E-state index contributed by atoms with van der Waals surface area (Å²) in [5, 5.41) is 0. The van der Waals surface area contributed by atoms with Gasteiger partial charge in [-0.1, -0.05) is 35.9 Å². The van der Waals surface area contributed by atoms with Crippen LogP contribution in [0.4, 0.5) is 0 Å². The van der Waals surface area contributed by atoms with Crippen LogP contribution in [0.3, 0.4) is 0 Å². The van der Waals surface area contributed by atoms with Crippen LogP contribution >= 0.6 is 0 Å². The maximum Gasteiger partial charge on any atom is 0.0515 e. The third-order valence-electron chi connectivity index (χ3n) is 2.79. The first-order valence-corrected chi connectivity index (χ1v) is 5.72. The van der Waals surface area contributed by atoms with Crippen LogP contribution in [0.5, 0.6) is 0 Å². The minimum Gasteiger partial charge on any atom is -0.271 e. The number of hydrogen-bond donors (Lipinski definition) is 2. The molecular formula is C14H17N3. The van der Waals surface area contributed by atoms with E-state index in [1.165, 1.54) is 11.1 Å². The Bertz CT molecular complexity index is 468. The van der Waals surface area contributed by atoms with E-state index in [0.717, 1.165) is 12.1 Å². The van der Waals surface area contributed by atoms with Gasteiger partial charge >= 0.3 is 0 Å². The molecular weight excluding hydrogens is 210 g/mol. The molecule has 88 valence electrons. The van der Waals surface area contributed by atoms with E-state index in [1.807, 2.05) is 24.3 Å². The van der Waals surface area contributed by atoms with E-state index < -0.39 is 0 Å². The molecule has 17 heavy (non-hydrogen) atoms. The van der Waals surface area contributed by atoms with Crippen LogP contribution in [0.1, 0.15) is 22.9 Å². The second-order valence-electron chi connectivity index (χ2n) is 4.16. The van der Waals surface area contributed by atoms with Crippen LogP contribution in [0.2, 0.25) is 0 Å². The molecule has 1 atom stereocenters. The third-order valence-corrected chi connectivity index (χ3v) is 2.79. The highest BCUT2D eigenvalue weighted by Gasteiger charge is 2.10. The average molecular weight is 227 g/mol. The fourth-order valence-corrected chi connectivity index (χ4v) is 1.89. The SMILES string of the molecule is Cc1cccc(C(Cc2ccccn2)NN)c1. The zero-order chi connectivity index (χ0) is 12.1. The van der Waals surface area contributed by atoms with Gasteiger partial charge < -0.3 is 0 Å². The lowest BCUT2D eigenvalue weighted by Crippen LogP contribution is -2.29. The molecule has 0 saturated heterocycles. The van der Waals surface area contributed by atoms with E-state index in [4.69, 9.17) is 5.84 Å². The Hall–Kier alpha value is -1.71. The van der Waals surface area contributed by atoms with Crippen LogP contribution in [0, 0.1) is 6.92 Å². The quantitative estimate of drug-likeness (QED) is 0.621. The van der Waals surface area contributed by atoms with Gasteiger partial charge in [0.25, 0.3) is 0 Å². The number of aromatic nitrogens is 1. The number of aryl methyl sites for hydroxylation is 1. The van der Waals surface area contributed by atoms with Crippen LogP contribution in [-0.4, -0.2) is 4.98 Å². The predicted octanol–water partition coefficient (Wildman–Crippen LogP) is 2.14. The van der Waals surface area contributed by atoms with Crippen molar-refractivity contribution in [1.29, 1.82) is 0 Å². The Morgan fingerprint density at radius 1 is 1.24 bits per heavy atom. The van der Waals surface area contributed by atoms with Gasteiger partial charge in [-0.25, -0.2) is 0 Å². The van der Waals surface area contributed by atoms with Gasteiger partial charge in [0.1, 0.15) is 0 Å². The minimum absolute atomic E-state index is 0.102. The Labute approximate surface area is 102 Å². The number of nitrogens with zero attached hydrogens (tertiary/aromatic N) is 1. The van der Waals surface area contributed by atoms with Crippen LogP contribution in [0.15, 0.2) is 48.7 Å². The van der Waals surface area contributed by atoms with Gasteiger partial charge in [-0.2, -0.15) is 0 Å². The second-order valence-corrected chi connectivity index (χ2v) is 4.16. The van der Waals surface area contributed by atoms with Crippen molar-refractivity contribution in [2.75, 3.05) is 0 Å². The molecule has 1 heterocycles. The molecule has 3 heteroatoms. The van der Waals surface area contributed by atoms with E-state index in [-0.39, 0.29) is 6.04 Å². The zero-order valence-corrected chi connectivity index (χ0v) is 9.93. The summed E-state index contributed by atoms with van der Waals surface area (Å²) in [6.07, 6.45) is 2.60. The monoisotopic (exact) mass is 227 g/mol. The van der Waals surface area contributed by atoms with Gasteiger partial charge in [0, 0.05) is 18.3 Å².